The van der Waals surface area contributed by atoms with E-state index in [2.05, 4.69) is 10.6 Å². The van der Waals surface area contributed by atoms with E-state index in [0.717, 1.165) is 11.8 Å². The fraction of sp³-hybridized carbons (Fsp3) is 0.310. The molecule has 0 unspecified atom stereocenters. The molecule has 3 aromatic rings. The van der Waals surface area contributed by atoms with Crippen molar-refractivity contribution in [1.29, 1.82) is 0 Å². The highest BCUT2D eigenvalue weighted by atomic mass is 32.2. The van der Waals surface area contributed by atoms with Crippen LogP contribution in [0.4, 0.5) is 11.4 Å². The average Bonchev–Trinajstić information content (AvgIpc) is 3.43. The van der Waals surface area contributed by atoms with Gasteiger partial charge in [0.25, 0.3) is 5.91 Å². The molecule has 1 heterocycles. The molecule has 3 aromatic carbocycles. The molecule has 11 nitrogen and oxygen atoms in total. The lowest BCUT2D eigenvalue weighted by atomic mass is 10.1. The number of methoxy groups -OCH3 is 2. The highest BCUT2D eigenvalue weighted by Crippen LogP contribution is 2.36. The fourth-order valence-electron chi connectivity index (χ4n) is 4.36. The zero-order valence-corrected chi connectivity index (χ0v) is 24.0. The zero-order valence-electron chi connectivity index (χ0n) is 23.1. The Balaban J connectivity index is 1.31. The van der Waals surface area contributed by atoms with E-state index >= 15 is 0 Å². The van der Waals surface area contributed by atoms with Crippen LogP contribution in [0.15, 0.2) is 60.7 Å². The van der Waals surface area contributed by atoms with Gasteiger partial charge in [0.1, 0.15) is 0 Å². The Bertz CT molecular complexity index is 1510. The molecule has 2 N–H and O–H groups in total. The topological polar surface area (TPSA) is 132 Å². The van der Waals surface area contributed by atoms with Crippen LogP contribution in [0, 0.1) is 0 Å². The maximum atomic E-state index is 12.9. The van der Waals surface area contributed by atoms with E-state index in [1.165, 1.54) is 4.31 Å². The summed E-state index contributed by atoms with van der Waals surface area (Å²) in [7, 11) is -0.474. The van der Waals surface area contributed by atoms with E-state index in [4.69, 9.17) is 18.9 Å². The Kier molecular flexibility index (Phi) is 9.56. The second-order valence-corrected chi connectivity index (χ2v) is 11.2. The first-order valence-corrected chi connectivity index (χ1v) is 14.8. The number of fused-ring (bicyclic) bond motifs is 1. The number of nitrogens with one attached hydrogen (secondary N) is 2. The first kappa shape index (κ1) is 29.5. The van der Waals surface area contributed by atoms with Crippen molar-refractivity contribution in [3.8, 4) is 23.0 Å². The molecule has 1 aliphatic rings. The van der Waals surface area contributed by atoms with Crippen molar-refractivity contribution in [3.63, 3.8) is 0 Å². The summed E-state index contributed by atoms with van der Waals surface area (Å²) in [6.45, 7) is 0.539. The molecule has 218 valence electrons. The lowest BCUT2D eigenvalue weighted by Crippen LogP contribution is -2.31. The molecule has 0 atom stereocenters. The van der Waals surface area contributed by atoms with Crippen LogP contribution in [0.5, 0.6) is 23.0 Å². The van der Waals surface area contributed by atoms with Gasteiger partial charge in [-0.05, 0) is 54.8 Å². The third kappa shape index (κ3) is 7.60. The van der Waals surface area contributed by atoms with Gasteiger partial charge in [0.05, 0.1) is 37.4 Å². The van der Waals surface area contributed by atoms with Crippen molar-refractivity contribution >= 4 is 33.2 Å². The number of ether oxygens (including phenoxy) is 4. The highest BCUT2D eigenvalue weighted by molar-refractivity contribution is 7.92. The number of rotatable bonds is 13. The second kappa shape index (κ2) is 13.3. The summed E-state index contributed by atoms with van der Waals surface area (Å²) < 4.78 is 47.4. The van der Waals surface area contributed by atoms with Crippen molar-refractivity contribution in [3.05, 3.63) is 71.8 Å². The second-order valence-electron chi connectivity index (χ2n) is 9.27. The van der Waals surface area contributed by atoms with Gasteiger partial charge in [-0.3, -0.25) is 13.9 Å². The Hall–Kier alpha value is -4.45. The third-order valence-corrected chi connectivity index (χ3v) is 7.60. The molecular weight excluding hydrogens is 550 g/mol. The van der Waals surface area contributed by atoms with E-state index < -0.39 is 10.0 Å². The number of para-hydroxylation sites is 1. The number of hydrogen-bond acceptors (Lipinski definition) is 8. The third-order valence-electron chi connectivity index (χ3n) is 6.40. The van der Waals surface area contributed by atoms with Gasteiger partial charge < -0.3 is 29.6 Å². The van der Waals surface area contributed by atoms with Gasteiger partial charge in [-0.15, -0.1) is 0 Å². The minimum Gasteiger partial charge on any atom is -0.493 e. The van der Waals surface area contributed by atoms with Crippen molar-refractivity contribution in [1.82, 2.24) is 5.32 Å². The molecule has 0 saturated heterocycles. The number of anilines is 2. The Morgan fingerprint density at radius 3 is 2.46 bits per heavy atom. The first-order valence-electron chi connectivity index (χ1n) is 12.9. The molecule has 12 heteroatoms. The van der Waals surface area contributed by atoms with Crippen LogP contribution in [0.25, 0.3) is 0 Å². The summed E-state index contributed by atoms with van der Waals surface area (Å²) in [5.74, 6) is 1.58. The molecule has 4 rings (SSSR count). The molecule has 0 fully saturated rings. The van der Waals surface area contributed by atoms with Gasteiger partial charge in [-0.25, -0.2) is 8.42 Å². The van der Waals surface area contributed by atoms with E-state index in [9.17, 15) is 18.0 Å². The Morgan fingerprint density at radius 2 is 1.71 bits per heavy atom. The van der Waals surface area contributed by atoms with Crippen molar-refractivity contribution in [2.75, 3.05) is 50.0 Å². The lowest BCUT2D eigenvalue weighted by molar-refractivity contribution is -0.116. The molecule has 0 saturated carbocycles. The number of sulfonamides is 1. The number of hydrogen-bond donors (Lipinski definition) is 2. The lowest BCUT2D eigenvalue weighted by Gasteiger charge is -2.22. The largest absolute Gasteiger partial charge is 0.493 e. The van der Waals surface area contributed by atoms with Crippen LogP contribution in [0.3, 0.4) is 0 Å². The van der Waals surface area contributed by atoms with Crippen LogP contribution in [0.1, 0.15) is 28.8 Å². The quantitative estimate of drug-likeness (QED) is 0.312. The van der Waals surface area contributed by atoms with Gasteiger partial charge in [-0.1, -0.05) is 18.2 Å². The van der Waals surface area contributed by atoms with E-state index in [1.807, 2.05) is 18.2 Å². The smallest absolute Gasteiger partial charge is 0.253 e. The fourth-order valence-corrected chi connectivity index (χ4v) is 5.32. The van der Waals surface area contributed by atoms with Crippen LogP contribution >= 0.6 is 0 Å². The normalized spacial score (nSPS) is 12.0. The van der Waals surface area contributed by atoms with Gasteiger partial charge >= 0.3 is 0 Å². The molecule has 0 bridgehead atoms. The predicted molar refractivity (Wildman–Crippen MR) is 155 cm³/mol. The summed E-state index contributed by atoms with van der Waals surface area (Å²) in [6.07, 6.45) is 1.98. The number of nitrogens with zero attached hydrogens (tertiary/aromatic N) is 1. The first-order chi connectivity index (χ1) is 19.7. The Morgan fingerprint density at radius 1 is 0.951 bits per heavy atom. The van der Waals surface area contributed by atoms with E-state index in [1.54, 1.807) is 56.7 Å². The highest BCUT2D eigenvalue weighted by Gasteiger charge is 2.22. The molecular formula is C29H33N3O8S. The minimum atomic E-state index is -3.61. The Labute approximate surface area is 239 Å². The van der Waals surface area contributed by atoms with Crippen LogP contribution in [-0.4, -0.2) is 60.6 Å². The maximum absolute atomic E-state index is 12.9. The van der Waals surface area contributed by atoms with Crippen LogP contribution in [0.2, 0.25) is 0 Å². The van der Waals surface area contributed by atoms with Gasteiger partial charge in [0.15, 0.2) is 23.0 Å². The van der Waals surface area contributed by atoms with E-state index in [0.29, 0.717) is 52.9 Å². The summed E-state index contributed by atoms with van der Waals surface area (Å²) >= 11 is 0. The van der Waals surface area contributed by atoms with Crippen LogP contribution < -0.4 is 33.9 Å². The minimum absolute atomic E-state index is 0.0474. The summed E-state index contributed by atoms with van der Waals surface area (Å²) in [5.41, 5.74) is 2.09. The number of benzene rings is 3. The predicted octanol–water partition coefficient (Wildman–Crippen LogP) is 3.59. The van der Waals surface area contributed by atoms with Crippen molar-refractivity contribution in [2.24, 2.45) is 0 Å². The maximum Gasteiger partial charge on any atom is 0.253 e. The SMILES string of the molecule is COc1ccc(CCNC(=O)c2ccccc2NC(=O)CCCN(c2ccc3c(c2)OCO3)S(C)(=O)=O)cc1OC. The molecule has 0 aliphatic carbocycles. The van der Waals surface area contributed by atoms with Gasteiger partial charge in [-0.2, -0.15) is 0 Å². The van der Waals surface area contributed by atoms with Crippen molar-refractivity contribution < 1.29 is 37.0 Å². The van der Waals surface area contributed by atoms with E-state index in [-0.39, 0.29) is 38.0 Å². The zero-order chi connectivity index (χ0) is 29.4. The molecule has 1 aliphatic heterocycles. The molecule has 2 amide bonds. The molecule has 41 heavy (non-hydrogen) atoms. The van der Waals surface area contributed by atoms with Gasteiger partial charge in [0.2, 0.25) is 22.7 Å². The number of amides is 2. The molecule has 0 radical (unpaired) electrons. The van der Waals surface area contributed by atoms with Gasteiger partial charge in [0, 0.05) is 25.6 Å². The van der Waals surface area contributed by atoms with Crippen molar-refractivity contribution in [2.45, 2.75) is 19.3 Å². The average molecular weight is 584 g/mol. The molecule has 0 spiro atoms. The summed E-state index contributed by atoms with van der Waals surface area (Å²) in [5, 5.41) is 5.66. The summed E-state index contributed by atoms with van der Waals surface area (Å²) in [6, 6.07) is 17.2. The number of carbonyl (C=O) groups excluding carboxylic acids is 2. The summed E-state index contributed by atoms with van der Waals surface area (Å²) in [4.78, 5) is 25.7. The monoisotopic (exact) mass is 583 g/mol. The standard InChI is InChI=1S/C29H33N3O8S/c1-37-24-12-10-20(17-26(24)38-2)14-15-30-29(34)22-7-4-5-8-23(22)31-28(33)9-6-16-32(41(3,35)36)21-11-13-25-27(18-21)40-19-39-25/h4-5,7-8,10-13,17-18H,6,9,14-16,19H2,1-3H3,(H,30,34)(H,31,33). The van der Waals surface area contributed by atoms with Crippen LogP contribution in [-0.2, 0) is 21.2 Å². The molecule has 0 aromatic heterocycles. The number of carbonyl (C=O) groups is 2.